The molecule has 0 unspecified atom stereocenters. The number of anilines is 2. The summed E-state index contributed by atoms with van der Waals surface area (Å²) in [5.74, 6) is -5.04. The number of nitrogens with zero attached hydrogens (tertiary/aromatic N) is 2. The van der Waals surface area contributed by atoms with Crippen molar-refractivity contribution in [2.75, 3.05) is 69.4 Å². The van der Waals surface area contributed by atoms with E-state index in [-0.39, 0.29) is 66.1 Å². The number of unbranched alkanes of at least 4 members (excludes halogenated alkanes) is 2. The third kappa shape index (κ3) is 19.7. The molecule has 89 heavy (non-hydrogen) atoms. The van der Waals surface area contributed by atoms with Crippen LogP contribution in [0, 0.1) is 17.8 Å². The highest BCUT2D eigenvalue weighted by Gasteiger charge is 2.64. The molecule has 2 saturated heterocycles. The predicted molar refractivity (Wildman–Crippen MR) is 340 cm³/mol. The van der Waals surface area contributed by atoms with E-state index in [0.29, 0.717) is 54.3 Å². The van der Waals surface area contributed by atoms with E-state index in [1.807, 2.05) is 13.0 Å². The summed E-state index contributed by atoms with van der Waals surface area (Å²) in [5.41, 5.74) is 3.64. The van der Waals surface area contributed by atoms with Crippen molar-refractivity contribution in [2.45, 2.75) is 153 Å². The number of nitrogens with one attached hydrogen (secondary N) is 6. The summed E-state index contributed by atoms with van der Waals surface area (Å²) in [5, 5.41) is 29.3. The van der Waals surface area contributed by atoms with E-state index < -0.39 is 120 Å². The maximum atomic E-state index is 14.7. The van der Waals surface area contributed by atoms with Gasteiger partial charge in [-0.25, -0.2) is 14.4 Å². The van der Waals surface area contributed by atoms with Gasteiger partial charge in [-0.15, -0.1) is 0 Å². The molecule has 0 aliphatic carbocycles. The summed E-state index contributed by atoms with van der Waals surface area (Å²) < 4.78 is 35.2. The van der Waals surface area contributed by atoms with E-state index in [1.165, 1.54) is 65.4 Å². The van der Waals surface area contributed by atoms with Gasteiger partial charge in [0.25, 0.3) is 5.91 Å². The number of ether oxygens (including phenoxy) is 6. The van der Waals surface area contributed by atoms with Crippen LogP contribution < -0.4 is 52.0 Å². The number of halogens is 3. The van der Waals surface area contributed by atoms with Crippen molar-refractivity contribution >= 4 is 108 Å². The smallest absolute Gasteiger partial charge is 0.409 e. The number of methoxy groups -OCH3 is 3. The van der Waals surface area contributed by atoms with Crippen molar-refractivity contribution in [3.63, 3.8) is 0 Å². The second-order valence-electron chi connectivity index (χ2n) is 23.1. The molecule has 25 nitrogen and oxygen atoms in total. The van der Waals surface area contributed by atoms with Gasteiger partial charge in [-0.3, -0.25) is 34.1 Å². The number of alkyl halides is 2. The Morgan fingerprint density at radius 1 is 0.944 bits per heavy atom. The van der Waals surface area contributed by atoms with E-state index in [2.05, 4.69) is 63.8 Å². The number of rotatable bonds is 26. The van der Waals surface area contributed by atoms with Crippen LogP contribution in [-0.4, -0.2) is 177 Å². The molecule has 2 aromatic carbocycles. The number of aliphatic hydroxyl groups is 1. The first-order valence-electron chi connectivity index (χ1n) is 29.4. The zero-order valence-electron chi connectivity index (χ0n) is 52.3. The molecule has 9 amide bonds. The van der Waals surface area contributed by atoms with Crippen molar-refractivity contribution in [3.8, 4) is 11.5 Å². The van der Waals surface area contributed by atoms with Crippen LogP contribution in [0.4, 0.5) is 21.0 Å². The SMILES string of the molecule is COc1ccc(C(=O)N(C)[C@@H](C)C(=O)O[C@H]2CC(=O)N(C)c3cc(cc(OC)c3Cl)C/C(C)=C/C=C/[C@@H](OC)[C@@]3(O)C[C@H](OC(=O)N3)[C@@H](C)[C@@H]3O[C@@]23C)c(NC(=O)[C@H](CCCNC(N)=O)NC(=O)[C@@H](NC(=O)CCCCCNC(=O)C(CBr)CBr)C(C)C)c1. The quantitative estimate of drug-likeness (QED) is 0.0234. The summed E-state index contributed by atoms with van der Waals surface area (Å²) in [7, 11) is 7.07. The number of carbonyl (C=O) groups is 9. The largest absolute Gasteiger partial charge is 0.497 e. The van der Waals surface area contributed by atoms with Crippen molar-refractivity contribution < 1.29 is 76.7 Å². The van der Waals surface area contributed by atoms with Crippen LogP contribution in [0.2, 0.25) is 5.02 Å². The average molecular weight is 1400 g/mol. The molecule has 3 aliphatic heterocycles. The van der Waals surface area contributed by atoms with Crippen molar-refractivity contribution in [1.82, 2.24) is 31.5 Å². The second-order valence-corrected chi connectivity index (χ2v) is 24.8. The van der Waals surface area contributed by atoms with Gasteiger partial charge in [0, 0.05) is 69.8 Å². The van der Waals surface area contributed by atoms with E-state index in [1.54, 1.807) is 52.0 Å². The number of likely N-dealkylation sites (N-methyl/N-ethyl adjacent to an activating group) is 1. The number of hydrogen-bond donors (Lipinski definition) is 8. The van der Waals surface area contributed by atoms with Crippen molar-refractivity contribution in [1.29, 1.82) is 0 Å². The lowest BCUT2D eigenvalue weighted by Gasteiger charge is -2.42. The van der Waals surface area contributed by atoms with Gasteiger partial charge in [0.1, 0.15) is 58.6 Å². The third-order valence-corrected chi connectivity index (χ3v) is 18.1. The van der Waals surface area contributed by atoms with E-state index >= 15 is 0 Å². The average Bonchev–Trinajstić information content (AvgIpc) is 1.84. The molecular formula is C61H86Br2ClN9O16. The Labute approximate surface area is 541 Å². The fraction of sp³-hybridized carbons (Fsp3) is 0.590. The lowest BCUT2D eigenvalue weighted by Crippen LogP contribution is -2.63. The number of allylic oxidation sites excluding steroid dienone is 3. The van der Waals surface area contributed by atoms with Crippen molar-refractivity contribution in [3.05, 3.63) is 70.3 Å². The third-order valence-electron chi connectivity index (χ3n) is 16.2. The van der Waals surface area contributed by atoms with Gasteiger partial charge < -0.3 is 75.6 Å². The Hall–Kier alpha value is -6.52. The molecule has 0 spiro atoms. The van der Waals surface area contributed by atoms with Crippen LogP contribution in [0.25, 0.3) is 0 Å². The monoisotopic (exact) mass is 1390 g/mol. The van der Waals surface area contributed by atoms with Gasteiger partial charge in [-0.05, 0) is 88.6 Å². The Kier molecular flexibility index (Phi) is 27.6. The molecule has 2 fully saturated rings. The number of epoxide rings is 1. The minimum absolute atomic E-state index is 0.0371. The molecule has 3 aliphatic rings. The summed E-state index contributed by atoms with van der Waals surface area (Å²) in [6, 6.07) is 3.15. The zero-order valence-corrected chi connectivity index (χ0v) is 56.2. The lowest BCUT2D eigenvalue weighted by molar-refractivity contribution is -0.158. The molecule has 0 saturated carbocycles. The van der Waals surface area contributed by atoms with Crippen LogP contribution in [0.1, 0.15) is 109 Å². The van der Waals surface area contributed by atoms with E-state index in [9.17, 15) is 48.3 Å². The number of benzene rings is 2. The Morgan fingerprint density at radius 2 is 1.64 bits per heavy atom. The molecule has 492 valence electrons. The normalized spacial score (nSPS) is 23.8. The molecule has 28 heteroatoms. The topological polar surface area (TPSA) is 337 Å². The zero-order chi connectivity index (χ0) is 66.1. The minimum atomic E-state index is -1.94. The molecule has 3 heterocycles. The summed E-state index contributed by atoms with van der Waals surface area (Å²) in [6.07, 6.45) is 1.75. The molecule has 9 N–H and O–H groups in total. The minimum Gasteiger partial charge on any atom is -0.497 e. The second kappa shape index (κ2) is 33.5. The maximum absolute atomic E-state index is 14.7. The number of urea groups is 1. The summed E-state index contributed by atoms with van der Waals surface area (Å²) >= 11 is 13.5. The standard InChI is InChI=1S/C61H86Br2ClN9O16/c1-33(2)51(70-48(74)20-13-12-14-23-66-53(76)38(31-62)32-63)55(78)68-41(18-16-24-67-58(65)81)54(77)69-42-28-39(84-9)21-22-40(42)56(79)72(7)36(5)57(80)88-47-29-49(75)73(8)43-26-37(27-44(85-10)50(43)64)25-34(3)17-15-19-46(86-11)61(83)30-45(87-59(82)71-61)35(4)52-60(47,6)89-52/h15,17,19,21-22,26-28,33,35-36,38,41,45-47,51-52,83H,12-14,16,18,20,23-25,29-32H2,1-11H3,(H,66,76)(H,68,78)(H,69,77)(H,70,74)(H,71,82)(H3,65,67,81)/b19-15+,34-17+/t35-,36+,41+,45+,46-,47+,51+,52+,60+,61+/m1/s1. The first-order chi connectivity index (χ1) is 42.1. The van der Waals surface area contributed by atoms with Crippen molar-refractivity contribution in [2.24, 2.45) is 23.5 Å². The number of amides is 9. The Bertz CT molecular complexity index is 2950. The highest BCUT2D eigenvalue weighted by Crippen LogP contribution is 2.49. The number of primary amides is 1. The molecule has 5 rings (SSSR count). The Morgan fingerprint density at radius 3 is 2.28 bits per heavy atom. The fourth-order valence-corrected chi connectivity index (χ4v) is 12.5. The first-order valence-corrected chi connectivity index (χ1v) is 32.1. The van der Waals surface area contributed by atoms with Gasteiger partial charge in [-0.1, -0.05) is 94.5 Å². The van der Waals surface area contributed by atoms with E-state index in [0.717, 1.165) is 16.0 Å². The molecule has 0 aromatic heterocycles. The lowest BCUT2D eigenvalue weighted by atomic mass is 9.83. The van der Waals surface area contributed by atoms with Gasteiger partial charge in [0.05, 0.1) is 49.6 Å². The van der Waals surface area contributed by atoms with Crippen LogP contribution in [0.3, 0.4) is 0 Å². The van der Waals surface area contributed by atoms with Crippen LogP contribution >= 0.6 is 43.5 Å². The van der Waals surface area contributed by atoms with Gasteiger partial charge in [0.2, 0.25) is 29.5 Å². The van der Waals surface area contributed by atoms with E-state index in [4.69, 9.17) is 45.8 Å². The van der Waals surface area contributed by atoms with Gasteiger partial charge in [0.15, 0.2) is 5.72 Å². The maximum Gasteiger partial charge on any atom is 0.409 e. The molecule has 0 radical (unpaired) electrons. The van der Waals surface area contributed by atoms with Crippen LogP contribution in [-0.2, 0) is 54.1 Å². The summed E-state index contributed by atoms with van der Waals surface area (Å²) in [6.45, 7) is 10.6. The molecule has 2 aromatic rings. The Balaban J connectivity index is 1.39. The van der Waals surface area contributed by atoms with Gasteiger partial charge in [-0.2, -0.15) is 0 Å². The molecular weight excluding hydrogens is 1310 g/mol. The molecule has 10 atom stereocenters. The number of fused-ring (bicyclic) bond motifs is 5. The highest BCUT2D eigenvalue weighted by molar-refractivity contribution is 9.09. The van der Waals surface area contributed by atoms with Gasteiger partial charge >= 0.3 is 18.1 Å². The summed E-state index contributed by atoms with van der Waals surface area (Å²) in [4.78, 5) is 125. The number of alkyl carbamates (subject to hydrolysis) is 1. The number of nitrogens with two attached hydrogens (primary N) is 1. The number of carbonyl (C=O) groups excluding carboxylic acids is 9. The molecule has 4 bridgehead atoms. The first kappa shape index (κ1) is 73.2. The fourth-order valence-electron chi connectivity index (χ4n) is 10.5. The number of hydrogen-bond acceptors (Lipinski definition) is 16. The number of esters is 1. The van der Waals surface area contributed by atoms with Crippen LogP contribution in [0.5, 0.6) is 11.5 Å². The van der Waals surface area contributed by atoms with Crippen LogP contribution in [0.15, 0.2) is 54.1 Å². The predicted octanol–water partition coefficient (Wildman–Crippen LogP) is 5.93. The highest BCUT2D eigenvalue weighted by atomic mass is 79.9.